The van der Waals surface area contributed by atoms with Crippen molar-refractivity contribution in [3.05, 3.63) is 35.9 Å². The van der Waals surface area contributed by atoms with Crippen molar-refractivity contribution in [3.8, 4) is 0 Å². The molecule has 0 heterocycles. The zero-order valence-corrected chi connectivity index (χ0v) is 17.1. The number of carbonyl (C=O) groups excluding carboxylic acids is 3. The van der Waals surface area contributed by atoms with E-state index in [0.717, 1.165) is 17.8 Å². The fourth-order valence-corrected chi connectivity index (χ4v) is 6.31. The molecule has 29 heavy (non-hydrogen) atoms. The van der Waals surface area contributed by atoms with Crippen molar-refractivity contribution in [2.45, 2.75) is 64.3 Å². The third-order valence-electron chi connectivity index (χ3n) is 6.95. The van der Waals surface area contributed by atoms with Crippen LogP contribution >= 0.6 is 0 Å². The van der Waals surface area contributed by atoms with E-state index in [-0.39, 0.29) is 35.6 Å². The van der Waals surface area contributed by atoms with Gasteiger partial charge in [-0.1, -0.05) is 18.2 Å². The first-order valence-corrected chi connectivity index (χ1v) is 10.8. The van der Waals surface area contributed by atoms with Crippen LogP contribution in [0.2, 0.25) is 0 Å². The molecule has 4 aliphatic rings. The third kappa shape index (κ3) is 4.80. The lowest BCUT2D eigenvalue weighted by Gasteiger charge is -2.56. The standard InChI is InChI=1S/C23H31N3O3/c1-15(24-22(29)19-5-3-2-4-6-19)7-20(27)25-26-21(28)14-23-11-16-8-17(12-23)10-18(9-16)13-23/h2-6,15-18H,7-14H2,1H3,(H,24,29)(H,25,27)(H,26,28). The van der Waals surface area contributed by atoms with Crippen LogP contribution in [0.1, 0.15) is 68.6 Å². The van der Waals surface area contributed by atoms with E-state index in [2.05, 4.69) is 16.2 Å². The molecule has 0 aliphatic heterocycles. The van der Waals surface area contributed by atoms with E-state index in [1.54, 1.807) is 31.2 Å². The Bertz CT molecular complexity index is 742. The first-order chi connectivity index (χ1) is 13.9. The molecule has 6 heteroatoms. The lowest BCUT2D eigenvalue weighted by atomic mass is 9.49. The number of benzene rings is 1. The maximum absolute atomic E-state index is 12.5. The van der Waals surface area contributed by atoms with Crippen molar-refractivity contribution < 1.29 is 14.4 Å². The van der Waals surface area contributed by atoms with Gasteiger partial charge in [-0.3, -0.25) is 25.2 Å². The van der Waals surface area contributed by atoms with Gasteiger partial charge in [0.15, 0.2) is 0 Å². The van der Waals surface area contributed by atoms with E-state index in [0.29, 0.717) is 12.0 Å². The Morgan fingerprint density at radius 1 is 0.931 bits per heavy atom. The van der Waals surface area contributed by atoms with Gasteiger partial charge in [-0.25, -0.2) is 0 Å². The van der Waals surface area contributed by atoms with Crippen LogP contribution in [-0.2, 0) is 9.59 Å². The first kappa shape index (κ1) is 19.9. The van der Waals surface area contributed by atoms with Gasteiger partial charge in [-0.15, -0.1) is 0 Å². The van der Waals surface area contributed by atoms with Crippen LogP contribution in [0, 0.1) is 23.2 Å². The zero-order chi connectivity index (χ0) is 20.4. The van der Waals surface area contributed by atoms with Gasteiger partial charge < -0.3 is 5.32 Å². The number of rotatable bonds is 6. The SMILES string of the molecule is CC(CC(=O)NNC(=O)CC12CC3CC(CC(C3)C1)C2)NC(=O)c1ccccc1. The van der Waals surface area contributed by atoms with Crippen molar-refractivity contribution in [2.24, 2.45) is 23.2 Å². The smallest absolute Gasteiger partial charge is 0.251 e. The van der Waals surface area contributed by atoms with Gasteiger partial charge in [0.1, 0.15) is 0 Å². The highest BCUT2D eigenvalue weighted by atomic mass is 16.2. The monoisotopic (exact) mass is 397 g/mol. The Kier molecular flexibility index (Phi) is 5.61. The van der Waals surface area contributed by atoms with E-state index in [4.69, 9.17) is 0 Å². The second kappa shape index (κ2) is 8.17. The Morgan fingerprint density at radius 3 is 2.07 bits per heavy atom. The van der Waals surface area contributed by atoms with Gasteiger partial charge in [0.2, 0.25) is 11.8 Å². The van der Waals surface area contributed by atoms with Gasteiger partial charge in [-0.2, -0.15) is 0 Å². The van der Waals surface area contributed by atoms with Gasteiger partial charge in [0.25, 0.3) is 5.91 Å². The molecule has 156 valence electrons. The Hall–Kier alpha value is -2.37. The largest absolute Gasteiger partial charge is 0.349 e. The van der Waals surface area contributed by atoms with E-state index in [9.17, 15) is 14.4 Å². The van der Waals surface area contributed by atoms with Crippen LogP contribution in [0.25, 0.3) is 0 Å². The van der Waals surface area contributed by atoms with Crippen molar-refractivity contribution in [2.75, 3.05) is 0 Å². The summed E-state index contributed by atoms with van der Waals surface area (Å²) in [5, 5.41) is 2.81. The molecule has 4 saturated carbocycles. The van der Waals surface area contributed by atoms with Crippen LogP contribution in [0.15, 0.2) is 30.3 Å². The topological polar surface area (TPSA) is 87.3 Å². The van der Waals surface area contributed by atoms with Crippen LogP contribution in [0.4, 0.5) is 0 Å². The van der Waals surface area contributed by atoms with Crippen molar-refractivity contribution >= 4 is 17.7 Å². The molecule has 0 spiro atoms. The van der Waals surface area contributed by atoms with Crippen LogP contribution in [-0.4, -0.2) is 23.8 Å². The van der Waals surface area contributed by atoms with Crippen LogP contribution in [0.3, 0.4) is 0 Å². The summed E-state index contributed by atoms with van der Waals surface area (Å²) in [6, 6.07) is 8.57. The Labute approximate surface area is 172 Å². The maximum Gasteiger partial charge on any atom is 0.251 e. The summed E-state index contributed by atoms with van der Waals surface area (Å²) in [5.74, 6) is 1.80. The van der Waals surface area contributed by atoms with Crippen LogP contribution in [0.5, 0.6) is 0 Å². The second-order valence-electron chi connectivity index (χ2n) is 9.64. The molecule has 1 unspecified atom stereocenters. The minimum Gasteiger partial charge on any atom is -0.349 e. The molecule has 1 aromatic rings. The lowest BCUT2D eigenvalue weighted by molar-refractivity contribution is -0.134. The number of hydrogen-bond acceptors (Lipinski definition) is 3. The molecule has 4 fully saturated rings. The quantitative estimate of drug-likeness (QED) is 0.645. The number of hydrogen-bond donors (Lipinski definition) is 3. The highest BCUT2D eigenvalue weighted by Gasteiger charge is 2.51. The number of amides is 3. The summed E-state index contributed by atoms with van der Waals surface area (Å²) in [6.07, 6.45) is 8.18. The molecule has 0 radical (unpaired) electrons. The number of hydrazine groups is 1. The molecule has 3 N–H and O–H groups in total. The van der Waals surface area contributed by atoms with E-state index < -0.39 is 0 Å². The average molecular weight is 398 g/mol. The third-order valence-corrected chi connectivity index (χ3v) is 6.95. The molecule has 4 bridgehead atoms. The van der Waals surface area contributed by atoms with Gasteiger partial charge >= 0.3 is 0 Å². The minimum atomic E-state index is -0.331. The predicted octanol–water partition coefficient (Wildman–Crippen LogP) is 2.95. The molecule has 4 aliphatic carbocycles. The molecule has 6 nitrogen and oxygen atoms in total. The number of nitrogens with one attached hydrogen (secondary N) is 3. The Balaban J connectivity index is 1.19. The average Bonchev–Trinajstić information content (AvgIpc) is 2.65. The molecule has 0 aromatic heterocycles. The van der Waals surface area contributed by atoms with Crippen LogP contribution < -0.4 is 16.2 Å². The zero-order valence-electron chi connectivity index (χ0n) is 17.1. The molecule has 1 aromatic carbocycles. The summed E-state index contributed by atoms with van der Waals surface area (Å²) < 4.78 is 0. The Morgan fingerprint density at radius 2 is 1.48 bits per heavy atom. The predicted molar refractivity (Wildman–Crippen MR) is 109 cm³/mol. The van der Waals surface area contributed by atoms with Crippen molar-refractivity contribution in [1.82, 2.24) is 16.2 Å². The number of carbonyl (C=O) groups is 3. The summed E-state index contributed by atoms with van der Waals surface area (Å²) in [6.45, 7) is 1.78. The molecule has 1 atom stereocenters. The van der Waals surface area contributed by atoms with E-state index in [1.807, 2.05) is 6.07 Å². The molecular formula is C23H31N3O3. The normalized spacial score (nSPS) is 30.4. The summed E-state index contributed by atoms with van der Waals surface area (Å²) in [7, 11) is 0. The maximum atomic E-state index is 12.5. The fourth-order valence-electron chi connectivity index (χ4n) is 6.31. The highest BCUT2D eigenvalue weighted by molar-refractivity contribution is 5.94. The van der Waals surface area contributed by atoms with E-state index >= 15 is 0 Å². The van der Waals surface area contributed by atoms with E-state index in [1.165, 1.54) is 38.5 Å². The summed E-state index contributed by atoms with van der Waals surface area (Å²) >= 11 is 0. The molecule has 3 amide bonds. The fraction of sp³-hybridized carbons (Fsp3) is 0.609. The highest BCUT2D eigenvalue weighted by Crippen LogP contribution is 2.61. The van der Waals surface area contributed by atoms with Crippen molar-refractivity contribution in [1.29, 1.82) is 0 Å². The summed E-state index contributed by atoms with van der Waals surface area (Å²) in [5.41, 5.74) is 5.83. The first-order valence-electron chi connectivity index (χ1n) is 10.8. The molecule has 5 rings (SSSR count). The lowest BCUT2D eigenvalue weighted by Crippen LogP contribution is -2.50. The van der Waals surface area contributed by atoms with Gasteiger partial charge in [0, 0.05) is 24.4 Å². The summed E-state index contributed by atoms with van der Waals surface area (Å²) in [4.78, 5) is 36.8. The molecule has 0 saturated heterocycles. The van der Waals surface area contributed by atoms with Crippen molar-refractivity contribution in [3.63, 3.8) is 0 Å². The van der Waals surface area contributed by atoms with Gasteiger partial charge in [-0.05, 0) is 80.8 Å². The molecular weight excluding hydrogens is 366 g/mol. The van der Waals surface area contributed by atoms with Gasteiger partial charge in [0.05, 0.1) is 0 Å². The second-order valence-corrected chi connectivity index (χ2v) is 9.64. The minimum absolute atomic E-state index is 0.0960.